The first-order valence-corrected chi connectivity index (χ1v) is 13.3. The van der Waals surface area contributed by atoms with E-state index in [9.17, 15) is 24.8 Å². The summed E-state index contributed by atoms with van der Waals surface area (Å²) in [5.41, 5.74) is 2.44. The van der Waals surface area contributed by atoms with Gasteiger partial charge in [0.25, 0.3) is 17.4 Å². The molecule has 0 bridgehead atoms. The summed E-state index contributed by atoms with van der Waals surface area (Å²) in [5.74, 6) is -1.19. The van der Waals surface area contributed by atoms with Crippen molar-refractivity contribution >= 4 is 23.1 Å². The van der Waals surface area contributed by atoms with Crippen LogP contribution in [0.4, 0.5) is 5.69 Å². The van der Waals surface area contributed by atoms with Crippen molar-refractivity contribution < 1.29 is 24.4 Å². The molecule has 1 atom stereocenters. The molecule has 0 saturated carbocycles. The second-order valence-corrected chi connectivity index (χ2v) is 9.62. The lowest BCUT2D eigenvalue weighted by Gasteiger charge is -2.28. The summed E-state index contributed by atoms with van der Waals surface area (Å²) >= 11 is 0. The van der Waals surface area contributed by atoms with E-state index < -0.39 is 22.7 Å². The highest BCUT2D eigenvalue weighted by atomic mass is 16.6. The van der Waals surface area contributed by atoms with Crippen LogP contribution in [0.1, 0.15) is 42.1 Å². The molecular weight excluding hydrogens is 510 g/mol. The normalized spacial score (nSPS) is 16.5. The number of hydrogen-bond acceptors (Lipinski definition) is 7. The van der Waals surface area contributed by atoms with E-state index in [4.69, 9.17) is 4.74 Å². The van der Waals surface area contributed by atoms with Crippen LogP contribution in [0.3, 0.4) is 0 Å². The van der Waals surface area contributed by atoms with E-state index >= 15 is 0 Å². The van der Waals surface area contributed by atoms with E-state index in [0.29, 0.717) is 35.6 Å². The summed E-state index contributed by atoms with van der Waals surface area (Å²) in [6, 6.07) is 19.7. The van der Waals surface area contributed by atoms with Crippen LogP contribution in [-0.4, -0.2) is 57.7 Å². The Labute approximate surface area is 233 Å². The number of nitro benzene ring substituents is 1. The summed E-state index contributed by atoms with van der Waals surface area (Å²) < 4.78 is 5.90. The number of aliphatic hydroxyl groups is 1. The van der Waals surface area contributed by atoms with Crippen LogP contribution in [0, 0.1) is 17.0 Å². The maximum atomic E-state index is 13.4. The molecule has 1 fully saturated rings. The first-order chi connectivity index (χ1) is 19.2. The van der Waals surface area contributed by atoms with Crippen LogP contribution in [0.25, 0.3) is 5.76 Å². The SMILES string of the molecule is CCN(CC)CCN1C(=O)C(=O)/C(=C(/O)c2ccc(OCc3ccccc3)cc2C)C1c1ccc([N+](=O)[O-])cc1. The fraction of sp³-hybridized carbons (Fsp3) is 0.290. The minimum Gasteiger partial charge on any atom is -0.507 e. The van der Waals surface area contributed by atoms with Gasteiger partial charge in [0, 0.05) is 30.8 Å². The van der Waals surface area contributed by atoms with Crippen LogP contribution in [-0.2, 0) is 16.2 Å². The highest BCUT2D eigenvalue weighted by molar-refractivity contribution is 6.46. The maximum absolute atomic E-state index is 13.4. The number of non-ortho nitro benzene ring substituents is 1. The smallest absolute Gasteiger partial charge is 0.295 e. The molecule has 1 aliphatic rings. The number of aryl methyl sites for hydroxylation is 1. The Morgan fingerprint density at radius 1 is 1.02 bits per heavy atom. The number of nitrogens with zero attached hydrogens (tertiary/aromatic N) is 3. The minimum atomic E-state index is -0.884. The average molecular weight is 544 g/mol. The molecule has 0 radical (unpaired) electrons. The lowest BCUT2D eigenvalue weighted by Crippen LogP contribution is -2.38. The molecule has 9 heteroatoms. The maximum Gasteiger partial charge on any atom is 0.295 e. The van der Waals surface area contributed by atoms with Gasteiger partial charge >= 0.3 is 0 Å². The predicted octanol–water partition coefficient (Wildman–Crippen LogP) is 5.25. The van der Waals surface area contributed by atoms with Crippen LogP contribution in [0.2, 0.25) is 0 Å². The molecule has 0 aliphatic carbocycles. The number of nitro groups is 1. The second-order valence-electron chi connectivity index (χ2n) is 9.62. The molecule has 3 aromatic rings. The summed E-state index contributed by atoms with van der Waals surface area (Å²) in [6.07, 6.45) is 0. The number of Topliss-reactive ketones (excluding diaryl/α,β-unsaturated/α-hetero) is 1. The zero-order valence-electron chi connectivity index (χ0n) is 22.9. The lowest BCUT2D eigenvalue weighted by atomic mass is 9.93. The molecule has 208 valence electrons. The highest BCUT2D eigenvalue weighted by Crippen LogP contribution is 2.40. The summed E-state index contributed by atoms with van der Waals surface area (Å²) in [7, 11) is 0. The fourth-order valence-corrected chi connectivity index (χ4v) is 4.90. The van der Waals surface area contributed by atoms with Gasteiger partial charge in [0.1, 0.15) is 18.1 Å². The predicted molar refractivity (Wildman–Crippen MR) is 152 cm³/mol. The van der Waals surface area contributed by atoms with Gasteiger partial charge in [0.15, 0.2) is 0 Å². The summed E-state index contributed by atoms with van der Waals surface area (Å²) in [6.45, 7) is 8.56. The largest absolute Gasteiger partial charge is 0.507 e. The van der Waals surface area contributed by atoms with Crippen molar-refractivity contribution in [3.8, 4) is 5.75 Å². The van der Waals surface area contributed by atoms with Crippen LogP contribution in [0.5, 0.6) is 5.75 Å². The van der Waals surface area contributed by atoms with Gasteiger partial charge in [-0.1, -0.05) is 44.2 Å². The van der Waals surface area contributed by atoms with E-state index in [1.54, 1.807) is 25.1 Å². The van der Waals surface area contributed by atoms with Crippen molar-refractivity contribution in [3.05, 3.63) is 111 Å². The molecule has 4 rings (SSSR count). The van der Waals surface area contributed by atoms with Crippen LogP contribution < -0.4 is 4.74 Å². The molecule has 40 heavy (non-hydrogen) atoms. The quantitative estimate of drug-likeness (QED) is 0.116. The minimum absolute atomic E-state index is 0.0422. The van der Waals surface area contributed by atoms with Gasteiger partial charge in [-0.3, -0.25) is 19.7 Å². The zero-order valence-corrected chi connectivity index (χ0v) is 22.9. The van der Waals surface area contributed by atoms with Crippen molar-refractivity contribution in [1.82, 2.24) is 9.80 Å². The number of amides is 1. The molecule has 1 unspecified atom stereocenters. The third-order valence-electron chi connectivity index (χ3n) is 7.21. The molecule has 1 aliphatic heterocycles. The standard InChI is InChI=1S/C31H33N3O6/c1-4-32(5-2)17-18-33-28(23-11-13-24(14-12-23)34(38)39)27(30(36)31(33)37)29(35)26-16-15-25(19-21(26)3)40-20-22-9-7-6-8-10-22/h6-16,19,28,35H,4-5,17-18,20H2,1-3H3/b29-27+. The Kier molecular flexibility index (Phi) is 8.96. The average Bonchev–Trinajstić information content (AvgIpc) is 3.22. The van der Waals surface area contributed by atoms with Crippen LogP contribution >= 0.6 is 0 Å². The van der Waals surface area contributed by atoms with Crippen molar-refractivity contribution in [2.45, 2.75) is 33.4 Å². The molecule has 1 N–H and O–H groups in total. The molecule has 1 saturated heterocycles. The number of ether oxygens (including phenoxy) is 1. The number of benzene rings is 3. The van der Waals surface area contributed by atoms with Gasteiger partial charge in [-0.25, -0.2) is 0 Å². The molecule has 0 spiro atoms. The number of aliphatic hydroxyl groups excluding tert-OH is 1. The highest BCUT2D eigenvalue weighted by Gasteiger charge is 2.46. The number of rotatable bonds is 11. The second kappa shape index (κ2) is 12.6. The fourth-order valence-electron chi connectivity index (χ4n) is 4.90. The van der Waals surface area contributed by atoms with E-state index in [1.165, 1.54) is 29.2 Å². The Morgan fingerprint density at radius 3 is 2.30 bits per heavy atom. The van der Waals surface area contributed by atoms with Gasteiger partial charge in [-0.05, 0) is 67.0 Å². The number of likely N-dealkylation sites (tertiary alicyclic amines) is 1. The zero-order chi connectivity index (χ0) is 28.8. The first-order valence-electron chi connectivity index (χ1n) is 13.3. The molecule has 1 amide bonds. The molecule has 9 nitrogen and oxygen atoms in total. The Bertz CT molecular complexity index is 1410. The molecule has 0 aromatic heterocycles. The monoisotopic (exact) mass is 543 g/mol. The third-order valence-corrected chi connectivity index (χ3v) is 7.21. The van der Waals surface area contributed by atoms with E-state index in [0.717, 1.165) is 18.7 Å². The lowest BCUT2D eigenvalue weighted by molar-refractivity contribution is -0.384. The van der Waals surface area contributed by atoms with Gasteiger partial charge in [0.2, 0.25) is 0 Å². The van der Waals surface area contributed by atoms with Gasteiger partial charge < -0.3 is 19.6 Å². The summed E-state index contributed by atoms with van der Waals surface area (Å²) in [4.78, 5) is 40.9. The molecule has 3 aromatic carbocycles. The Morgan fingerprint density at radius 2 is 1.70 bits per heavy atom. The van der Waals surface area contributed by atoms with Crippen molar-refractivity contribution in [2.75, 3.05) is 26.2 Å². The van der Waals surface area contributed by atoms with Gasteiger partial charge in [-0.15, -0.1) is 0 Å². The van der Waals surface area contributed by atoms with Crippen molar-refractivity contribution in [3.63, 3.8) is 0 Å². The number of carbonyl (C=O) groups is 2. The van der Waals surface area contributed by atoms with Gasteiger partial charge in [-0.2, -0.15) is 0 Å². The summed E-state index contributed by atoms with van der Waals surface area (Å²) in [5, 5.41) is 22.7. The number of likely N-dealkylation sites (N-methyl/N-ethyl adjacent to an activating group) is 1. The van der Waals surface area contributed by atoms with E-state index in [-0.39, 0.29) is 23.6 Å². The molecule has 1 heterocycles. The van der Waals surface area contributed by atoms with E-state index in [1.807, 2.05) is 44.2 Å². The van der Waals surface area contributed by atoms with E-state index in [2.05, 4.69) is 4.90 Å². The number of carbonyl (C=O) groups excluding carboxylic acids is 2. The van der Waals surface area contributed by atoms with Crippen molar-refractivity contribution in [1.29, 1.82) is 0 Å². The Hall–Kier alpha value is -4.50. The number of ketones is 1. The van der Waals surface area contributed by atoms with Gasteiger partial charge in [0.05, 0.1) is 16.5 Å². The van der Waals surface area contributed by atoms with Crippen molar-refractivity contribution in [2.24, 2.45) is 0 Å². The Balaban J connectivity index is 1.71. The number of hydrogen-bond donors (Lipinski definition) is 1. The molecular formula is C31H33N3O6. The van der Waals surface area contributed by atoms with Crippen LogP contribution in [0.15, 0.2) is 78.4 Å². The first kappa shape index (κ1) is 28.5. The topological polar surface area (TPSA) is 113 Å². The third kappa shape index (κ3) is 6.05.